The molecule has 0 saturated carbocycles. The Labute approximate surface area is 132 Å². The summed E-state index contributed by atoms with van der Waals surface area (Å²) in [5.41, 5.74) is 0.227. The van der Waals surface area contributed by atoms with Gasteiger partial charge in [0.2, 0.25) is 0 Å². The minimum Gasteiger partial charge on any atom is -0.472 e. The zero-order chi connectivity index (χ0) is 16.2. The van der Waals surface area contributed by atoms with Crippen LogP contribution in [0.5, 0.6) is 0 Å². The summed E-state index contributed by atoms with van der Waals surface area (Å²) in [5, 5.41) is 2.85. The van der Waals surface area contributed by atoms with E-state index in [9.17, 15) is 14.4 Å². The van der Waals surface area contributed by atoms with Gasteiger partial charge in [0.05, 0.1) is 11.8 Å². The van der Waals surface area contributed by atoms with Crippen molar-refractivity contribution in [1.29, 1.82) is 0 Å². The first kappa shape index (κ1) is 15.1. The molecule has 0 atom stereocenters. The fraction of sp³-hybridized carbons (Fsp3) is 0.312. The lowest BCUT2D eigenvalue weighted by Gasteiger charge is -2.32. The molecule has 7 heteroatoms. The zero-order valence-corrected chi connectivity index (χ0v) is 12.5. The van der Waals surface area contributed by atoms with Gasteiger partial charge >= 0.3 is 0 Å². The van der Waals surface area contributed by atoms with E-state index < -0.39 is 5.56 Å². The predicted octanol–water partition coefficient (Wildman–Crippen LogP) is 1.00. The topological polar surface area (TPSA) is 95.4 Å². The monoisotopic (exact) mass is 315 g/mol. The first-order chi connectivity index (χ1) is 11.1. The van der Waals surface area contributed by atoms with Gasteiger partial charge in [0.1, 0.15) is 11.8 Å². The molecule has 3 heterocycles. The van der Waals surface area contributed by atoms with Crippen LogP contribution in [-0.2, 0) is 0 Å². The molecule has 2 N–H and O–H groups in total. The quantitative estimate of drug-likeness (QED) is 0.883. The number of carbonyl (C=O) groups excluding carboxylic acids is 2. The minimum atomic E-state index is -0.405. The average molecular weight is 315 g/mol. The minimum absolute atomic E-state index is 0.0458. The third kappa shape index (κ3) is 3.33. The fourth-order valence-electron chi connectivity index (χ4n) is 2.66. The van der Waals surface area contributed by atoms with E-state index in [1.807, 2.05) is 0 Å². The number of likely N-dealkylation sites (tertiary alicyclic amines) is 1. The molecule has 0 unspecified atom stereocenters. The van der Waals surface area contributed by atoms with Crippen LogP contribution in [0.4, 0.5) is 0 Å². The third-order valence-electron chi connectivity index (χ3n) is 3.95. The Hall–Kier alpha value is -2.83. The van der Waals surface area contributed by atoms with Gasteiger partial charge in [0.15, 0.2) is 0 Å². The number of pyridine rings is 1. The number of nitrogens with zero attached hydrogens (tertiary/aromatic N) is 1. The van der Waals surface area contributed by atoms with Crippen molar-refractivity contribution in [2.45, 2.75) is 18.9 Å². The van der Waals surface area contributed by atoms with Crippen molar-refractivity contribution in [3.05, 3.63) is 58.4 Å². The highest BCUT2D eigenvalue weighted by molar-refractivity contribution is 5.94. The van der Waals surface area contributed by atoms with E-state index >= 15 is 0 Å². The number of hydrogen-bond acceptors (Lipinski definition) is 4. The first-order valence-electron chi connectivity index (χ1n) is 7.45. The van der Waals surface area contributed by atoms with Crippen LogP contribution in [0.15, 0.2) is 46.1 Å². The second-order valence-corrected chi connectivity index (χ2v) is 5.46. The van der Waals surface area contributed by atoms with Crippen LogP contribution in [0.1, 0.15) is 33.6 Å². The van der Waals surface area contributed by atoms with Crippen LogP contribution in [-0.4, -0.2) is 40.8 Å². The molecule has 0 spiro atoms. The highest BCUT2D eigenvalue weighted by atomic mass is 16.3. The Balaban J connectivity index is 1.55. The van der Waals surface area contributed by atoms with Gasteiger partial charge in [0, 0.05) is 25.3 Å². The standard InChI is InChI=1S/C16H17N3O4/c20-14-13(2-1-6-17-14)15(21)18-12-3-7-19(8-4-12)16(22)11-5-9-23-10-11/h1-2,5-6,9-10,12H,3-4,7-8H2,(H,17,20)(H,18,21). The number of aromatic amines is 1. The van der Waals surface area contributed by atoms with Crippen molar-refractivity contribution < 1.29 is 14.0 Å². The summed E-state index contributed by atoms with van der Waals surface area (Å²) in [6.07, 6.45) is 5.69. The van der Waals surface area contributed by atoms with Gasteiger partial charge in [-0.1, -0.05) is 0 Å². The van der Waals surface area contributed by atoms with Crippen LogP contribution in [0, 0.1) is 0 Å². The van der Waals surface area contributed by atoms with E-state index in [0.29, 0.717) is 31.5 Å². The molecule has 0 bridgehead atoms. The second kappa shape index (κ2) is 6.51. The second-order valence-electron chi connectivity index (χ2n) is 5.46. The number of rotatable bonds is 3. The van der Waals surface area contributed by atoms with Gasteiger partial charge in [0.25, 0.3) is 17.4 Å². The molecule has 0 aliphatic carbocycles. The van der Waals surface area contributed by atoms with Crippen molar-refractivity contribution >= 4 is 11.8 Å². The van der Waals surface area contributed by atoms with Crippen molar-refractivity contribution in [2.24, 2.45) is 0 Å². The van der Waals surface area contributed by atoms with Gasteiger partial charge in [-0.05, 0) is 31.0 Å². The lowest BCUT2D eigenvalue weighted by Crippen LogP contribution is -2.47. The lowest BCUT2D eigenvalue weighted by molar-refractivity contribution is 0.0697. The lowest BCUT2D eigenvalue weighted by atomic mass is 10.0. The van der Waals surface area contributed by atoms with E-state index in [2.05, 4.69) is 10.3 Å². The van der Waals surface area contributed by atoms with E-state index in [-0.39, 0.29) is 23.4 Å². The van der Waals surface area contributed by atoms with Crippen molar-refractivity contribution in [2.75, 3.05) is 13.1 Å². The third-order valence-corrected chi connectivity index (χ3v) is 3.95. The highest BCUT2D eigenvalue weighted by Gasteiger charge is 2.25. The van der Waals surface area contributed by atoms with Crippen LogP contribution < -0.4 is 10.9 Å². The molecule has 2 amide bonds. The fourth-order valence-corrected chi connectivity index (χ4v) is 2.66. The molecule has 1 aliphatic heterocycles. The Kier molecular flexibility index (Phi) is 4.27. The summed E-state index contributed by atoms with van der Waals surface area (Å²) in [6.45, 7) is 1.11. The molecule has 1 fully saturated rings. The van der Waals surface area contributed by atoms with Crippen LogP contribution in [0.2, 0.25) is 0 Å². The molecule has 1 saturated heterocycles. The van der Waals surface area contributed by atoms with Crippen LogP contribution in [0.3, 0.4) is 0 Å². The number of piperidine rings is 1. The number of aromatic nitrogens is 1. The Morgan fingerprint density at radius 2 is 2.04 bits per heavy atom. The van der Waals surface area contributed by atoms with Gasteiger partial charge in [-0.25, -0.2) is 0 Å². The summed E-state index contributed by atoms with van der Waals surface area (Å²) in [4.78, 5) is 40.1. The Morgan fingerprint density at radius 1 is 1.26 bits per heavy atom. The summed E-state index contributed by atoms with van der Waals surface area (Å²) in [7, 11) is 0. The number of furan rings is 1. The van der Waals surface area contributed by atoms with Gasteiger partial charge in [-0.15, -0.1) is 0 Å². The maximum absolute atomic E-state index is 12.2. The maximum Gasteiger partial charge on any atom is 0.260 e. The maximum atomic E-state index is 12.2. The average Bonchev–Trinajstić information content (AvgIpc) is 3.09. The molecule has 120 valence electrons. The summed E-state index contributed by atoms with van der Waals surface area (Å²) >= 11 is 0. The van der Waals surface area contributed by atoms with Crippen LogP contribution >= 0.6 is 0 Å². The molecular weight excluding hydrogens is 298 g/mol. The van der Waals surface area contributed by atoms with Gasteiger partial charge < -0.3 is 19.6 Å². The van der Waals surface area contributed by atoms with E-state index in [4.69, 9.17) is 4.42 Å². The smallest absolute Gasteiger partial charge is 0.260 e. The Morgan fingerprint density at radius 3 is 2.70 bits per heavy atom. The summed E-state index contributed by atoms with van der Waals surface area (Å²) < 4.78 is 4.92. The molecule has 2 aromatic heterocycles. The first-order valence-corrected chi connectivity index (χ1v) is 7.45. The van der Waals surface area contributed by atoms with Gasteiger partial charge in [-0.3, -0.25) is 14.4 Å². The van der Waals surface area contributed by atoms with Crippen LogP contribution in [0.25, 0.3) is 0 Å². The number of nitrogens with one attached hydrogen (secondary N) is 2. The van der Waals surface area contributed by atoms with Crippen molar-refractivity contribution in [1.82, 2.24) is 15.2 Å². The van der Waals surface area contributed by atoms with E-state index in [0.717, 1.165) is 0 Å². The number of H-pyrrole nitrogens is 1. The Bertz CT molecular complexity index is 743. The molecule has 2 aromatic rings. The molecule has 0 radical (unpaired) electrons. The van der Waals surface area contributed by atoms with E-state index in [1.54, 1.807) is 17.0 Å². The zero-order valence-electron chi connectivity index (χ0n) is 12.5. The summed E-state index contributed by atoms with van der Waals surface area (Å²) in [5.74, 6) is -0.450. The normalized spacial score (nSPS) is 15.4. The van der Waals surface area contributed by atoms with Gasteiger partial charge in [-0.2, -0.15) is 0 Å². The number of amides is 2. The number of carbonyl (C=O) groups is 2. The largest absolute Gasteiger partial charge is 0.472 e. The molecule has 1 aliphatic rings. The highest BCUT2D eigenvalue weighted by Crippen LogP contribution is 2.14. The number of hydrogen-bond donors (Lipinski definition) is 2. The van der Waals surface area contributed by atoms with E-state index in [1.165, 1.54) is 24.8 Å². The molecule has 23 heavy (non-hydrogen) atoms. The summed E-state index contributed by atoms with van der Waals surface area (Å²) in [6, 6.07) is 4.70. The van der Waals surface area contributed by atoms with Crippen molar-refractivity contribution in [3.63, 3.8) is 0 Å². The molecule has 0 aromatic carbocycles. The predicted molar refractivity (Wildman–Crippen MR) is 82.2 cm³/mol. The SMILES string of the molecule is O=C(NC1CCN(C(=O)c2ccoc2)CC1)c1ccc[nH]c1=O. The molecule has 3 rings (SSSR count). The molecular formula is C16H17N3O4. The van der Waals surface area contributed by atoms with Crippen molar-refractivity contribution in [3.8, 4) is 0 Å². The molecule has 7 nitrogen and oxygen atoms in total.